The van der Waals surface area contributed by atoms with Gasteiger partial charge < -0.3 is 15.9 Å². The van der Waals surface area contributed by atoms with Crippen molar-refractivity contribution in [2.24, 2.45) is 0 Å². The molecule has 1 heterocycles. The van der Waals surface area contributed by atoms with E-state index in [1.54, 1.807) is 41.7 Å². The molecule has 4 rings (SSSR count). The molecule has 0 radical (unpaired) electrons. The first-order valence-corrected chi connectivity index (χ1v) is 12.7. The molecule has 0 fully saturated rings. The number of thiophene rings is 1. The Morgan fingerprint density at radius 3 is 2.47 bits per heavy atom. The van der Waals surface area contributed by atoms with Gasteiger partial charge in [-0.25, -0.2) is 0 Å². The van der Waals surface area contributed by atoms with Crippen molar-refractivity contribution in [1.82, 2.24) is 0 Å². The maximum atomic E-state index is 13.2. The average molecular weight is 463 g/mol. The third kappa shape index (κ3) is 4.39. The molecular weight excluding hydrogens is 439 g/mol. The standard InChI is InChI=1S/C25H23N2O3PS/c1-2-17-6-3-4-7-23(17)31(29,30)20-12-9-18(10-13-20)25(28)27-22-16-19(11-14-21(22)26)24-8-5-15-32-24/h3-16H,2,26H2,1H3,(H,27,28)(H,29,30). The fourth-order valence-corrected chi connectivity index (χ4v) is 5.98. The van der Waals surface area contributed by atoms with Crippen LogP contribution in [0.1, 0.15) is 22.8 Å². The van der Waals surface area contributed by atoms with Crippen LogP contribution in [0.3, 0.4) is 0 Å². The van der Waals surface area contributed by atoms with Crippen LogP contribution < -0.4 is 21.7 Å². The van der Waals surface area contributed by atoms with E-state index in [2.05, 4.69) is 5.32 Å². The zero-order chi connectivity index (χ0) is 22.7. The third-order valence-corrected chi connectivity index (χ3v) is 8.29. The molecule has 1 amide bonds. The number of rotatable bonds is 6. The molecule has 1 unspecified atom stereocenters. The average Bonchev–Trinajstić information content (AvgIpc) is 3.35. The lowest BCUT2D eigenvalue weighted by Crippen LogP contribution is -2.20. The van der Waals surface area contributed by atoms with E-state index in [0.717, 1.165) is 16.0 Å². The Labute approximate surface area is 191 Å². The minimum Gasteiger partial charge on any atom is -0.397 e. The van der Waals surface area contributed by atoms with Gasteiger partial charge >= 0.3 is 0 Å². The maximum absolute atomic E-state index is 13.2. The Hall–Kier alpha value is -3.18. The number of nitrogens with two attached hydrogens (primary N) is 1. The number of hydrogen-bond donors (Lipinski definition) is 3. The SMILES string of the molecule is CCc1ccccc1P(=O)(O)c1ccc(C(=O)Nc2cc(-c3cccs3)ccc2N)cc1. The minimum atomic E-state index is -3.76. The molecule has 3 aromatic carbocycles. The molecule has 0 saturated carbocycles. The van der Waals surface area contributed by atoms with E-state index in [-0.39, 0.29) is 11.2 Å². The second-order valence-electron chi connectivity index (χ2n) is 7.34. The molecule has 0 aliphatic rings. The first kappa shape index (κ1) is 22.0. The summed E-state index contributed by atoms with van der Waals surface area (Å²) in [6, 6.07) is 22.8. The monoisotopic (exact) mass is 462 g/mol. The summed E-state index contributed by atoms with van der Waals surface area (Å²) < 4.78 is 13.2. The lowest BCUT2D eigenvalue weighted by molar-refractivity contribution is 0.102. The van der Waals surface area contributed by atoms with Crippen LogP contribution in [-0.2, 0) is 11.0 Å². The van der Waals surface area contributed by atoms with Crippen molar-refractivity contribution in [3.8, 4) is 10.4 Å². The van der Waals surface area contributed by atoms with E-state index in [4.69, 9.17) is 5.73 Å². The first-order chi connectivity index (χ1) is 15.4. The molecule has 1 aromatic heterocycles. The van der Waals surface area contributed by atoms with Crippen molar-refractivity contribution in [3.63, 3.8) is 0 Å². The summed E-state index contributed by atoms with van der Waals surface area (Å²) >= 11 is 1.61. The second-order valence-corrected chi connectivity index (χ2v) is 10.4. The Morgan fingerprint density at radius 1 is 1.03 bits per heavy atom. The van der Waals surface area contributed by atoms with Crippen LogP contribution in [-0.4, -0.2) is 10.8 Å². The van der Waals surface area contributed by atoms with Crippen LogP contribution in [0.25, 0.3) is 10.4 Å². The Kier molecular flexibility index (Phi) is 6.28. The van der Waals surface area contributed by atoms with Gasteiger partial charge in [0.1, 0.15) is 0 Å². The maximum Gasteiger partial charge on any atom is 0.259 e. The lowest BCUT2D eigenvalue weighted by atomic mass is 10.1. The summed E-state index contributed by atoms with van der Waals surface area (Å²) in [6.07, 6.45) is 0.660. The fraction of sp³-hybridized carbons (Fsp3) is 0.0800. The van der Waals surface area contributed by atoms with Gasteiger partial charge in [0.05, 0.1) is 11.4 Å². The van der Waals surface area contributed by atoms with E-state index >= 15 is 0 Å². The smallest absolute Gasteiger partial charge is 0.259 e. The number of nitrogen functional groups attached to an aromatic ring is 1. The molecule has 0 aliphatic carbocycles. The van der Waals surface area contributed by atoms with Gasteiger partial charge in [0, 0.05) is 21.0 Å². The first-order valence-electron chi connectivity index (χ1n) is 10.2. The predicted octanol–water partition coefficient (Wildman–Crippen LogP) is 5.03. The zero-order valence-corrected chi connectivity index (χ0v) is 19.2. The lowest BCUT2D eigenvalue weighted by Gasteiger charge is -2.16. The molecule has 0 aliphatic heterocycles. The molecule has 32 heavy (non-hydrogen) atoms. The predicted molar refractivity (Wildman–Crippen MR) is 133 cm³/mol. The number of carbonyl (C=O) groups excluding carboxylic acids is 1. The number of amides is 1. The van der Waals surface area contributed by atoms with E-state index in [9.17, 15) is 14.3 Å². The minimum absolute atomic E-state index is 0.286. The Balaban J connectivity index is 1.57. The van der Waals surface area contributed by atoms with Gasteiger partial charge in [-0.05, 0) is 71.5 Å². The molecule has 0 saturated heterocycles. The van der Waals surface area contributed by atoms with Crippen LogP contribution in [0.4, 0.5) is 11.4 Å². The summed E-state index contributed by atoms with van der Waals surface area (Å²) in [6.45, 7) is 1.95. The molecule has 0 spiro atoms. The van der Waals surface area contributed by atoms with Crippen molar-refractivity contribution in [3.05, 3.63) is 95.4 Å². The molecule has 4 N–H and O–H groups in total. The van der Waals surface area contributed by atoms with E-state index in [1.165, 1.54) is 12.1 Å². The molecular formula is C25H23N2O3PS. The number of hydrogen-bond acceptors (Lipinski definition) is 4. The number of nitrogens with one attached hydrogen (secondary N) is 1. The summed E-state index contributed by atoms with van der Waals surface area (Å²) in [5.41, 5.74) is 9.22. The Bertz CT molecular complexity index is 1300. The molecule has 5 nitrogen and oxygen atoms in total. The Morgan fingerprint density at radius 2 is 1.78 bits per heavy atom. The highest BCUT2D eigenvalue weighted by Crippen LogP contribution is 2.39. The highest BCUT2D eigenvalue weighted by Gasteiger charge is 2.26. The van der Waals surface area contributed by atoms with Crippen molar-refractivity contribution >= 4 is 46.6 Å². The van der Waals surface area contributed by atoms with Crippen molar-refractivity contribution in [2.45, 2.75) is 13.3 Å². The normalized spacial score (nSPS) is 12.8. The van der Waals surface area contributed by atoms with Crippen LogP contribution in [0.15, 0.2) is 84.2 Å². The van der Waals surface area contributed by atoms with Gasteiger partial charge in [0.25, 0.3) is 13.3 Å². The van der Waals surface area contributed by atoms with Gasteiger partial charge in [-0.2, -0.15) is 0 Å². The third-order valence-electron chi connectivity index (χ3n) is 5.29. The topological polar surface area (TPSA) is 92.4 Å². The summed E-state index contributed by atoms with van der Waals surface area (Å²) in [7, 11) is -3.76. The van der Waals surface area contributed by atoms with Crippen LogP contribution in [0.2, 0.25) is 0 Å². The number of anilines is 2. The number of carbonyl (C=O) groups is 1. The van der Waals surface area contributed by atoms with Gasteiger partial charge in [-0.15, -0.1) is 11.3 Å². The van der Waals surface area contributed by atoms with Gasteiger partial charge in [0.15, 0.2) is 0 Å². The highest BCUT2D eigenvalue weighted by molar-refractivity contribution is 7.73. The largest absolute Gasteiger partial charge is 0.397 e. The van der Waals surface area contributed by atoms with Crippen LogP contribution in [0.5, 0.6) is 0 Å². The van der Waals surface area contributed by atoms with Gasteiger partial charge in [-0.1, -0.05) is 37.3 Å². The van der Waals surface area contributed by atoms with E-state index < -0.39 is 7.37 Å². The number of aryl methyl sites for hydroxylation is 1. The zero-order valence-electron chi connectivity index (χ0n) is 17.5. The molecule has 4 aromatic rings. The molecule has 162 valence electrons. The van der Waals surface area contributed by atoms with Gasteiger partial charge in [-0.3, -0.25) is 9.36 Å². The van der Waals surface area contributed by atoms with Crippen LogP contribution >= 0.6 is 18.7 Å². The molecule has 1 atom stereocenters. The molecule has 7 heteroatoms. The van der Waals surface area contributed by atoms with Crippen molar-refractivity contribution in [2.75, 3.05) is 11.1 Å². The van der Waals surface area contributed by atoms with E-state index in [1.807, 2.05) is 48.7 Å². The summed E-state index contributed by atoms with van der Waals surface area (Å²) in [5, 5.41) is 5.55. The number of benzene rings is 3. The van der Waals surface area contributed by atoms with Crippen molar-refractivity contribution < 1.29 is 14.3 Å². The van der Waals surface area contributed by atoms with Crippen LogP contribution in [0, 0.1) is 0 Å². The van der Waals surface area contributed by atoms with E-state index in [0.29, 0.717) is 28.7 Å². The van der Waals surface area contributed by atoms with Crippen molar-refractivity contribution in [1.29, 1.82) is 0 Å². The summed E-state index contributed by atoms with van der Waals surface area (Å²) in [5.74, 6) is -0.340. The molecule has 0 bridgehead atoms. The summed E-state index contributed by atoms with van der Waals surface area (Å²) in [4.78, 5) is 24.7. The van der Waals surface area contributed by atoms with Gasteiger partial charge in [0.2, 0.25) is 0 Å². The quantitative estimate of drug-likeness (QED) is 0.277. The highest BCUT2D eigenvalue weighted by atomic mass is 32.1. The fourth-order valence-electron chi connectivity index (χ4n) is 3.51. The second kappa shape index (κ2) is 9.13.